The van der Waals surface area contributed by atoms with Crippen LogP contribution in [0.15, 0.2) is 42.5 Å². The third-order valence-electron chi connectivity index (χ3n) is 6.91. The molecular formula is C26H30F3NO2. The van der Waals surface area contributed by atoms with Crippen LogP contribution in [0.25, 0.3) is 0 Å². The van der Waals surface area contributed by atoms with Gasteiger partial charge in [-0.05, 0) is 59.9 Å². The van der Waals surface area contributed by atoms with Crippen molar-refractivity contribution in [3.8, 4) is 0 Å². The largest absolute Gasteiger partial charge is 0.481 e. The normalized spacial score (nSPS) is 18.5. The van der Waals surface area contributed by atoms with E-state index in [2.05, 4.69) is 4.90 Å². The summed E-state index contributed by atoms with van der Waals surface area (Å²) >= 11 is 0. The van der Waals surface area contributed by atoms with Gasteiger partial charge >= 0.3 is 12.1 Å². The number of nitrogens with zero attached hydrogens (tertiary/aromatic N) is 1. The Morgan fingerprint density at radius 2 is 1.50 bits per heavy atom. The monoisotopic (exact) mass is 445 g/mol. The molecule has 2 aromatic carbocycles. The fourth-order valence-electron chi connectivity index (χ4n) is 4.99. The summed E-state index contributed by atoms with van der Waals surface area (Å²) in [6, 6.07) is 13.0. The third-order valence-corrected chi connectivity index (χ3v) is 6.91. The molecule has 1 aliphatic carbocycles. The van der Waals surface area contributed by atoms with Gasteiger partial charge in [-0.25, -0.2) is 0 Å². The summed E-state index contributed by atoms with van der Waals surface area (Å²) in [7, 11) is 0. The van der Waals surface area contributed by atoms with Gasteiger partial charge in [0.2, 0.25) is 0 Å². The van der Waals surface area contributed by atoms with Crippen LogP contribution in [0.3, 0.4) is 0 Å². The summed E-state index contributed by atoms with van der Waals surface area (Å²) in [5, 5.41) is 8.96. The van der Waals surface area contributed by atoms with Gasteiger partial charge in [0, 0.05) is 19.6 Å². The van der Waals surface area contributed by atoms with Crippen molar-refractivity contribution in [3.05, 3.63) is 70.3 Å². The molecule has 0 amide bonds. The summed E-state index contributed by atoms with van der Waals surface area (Å²) in [6.45, 7) is 1.88. The van der Waals surface area contributed by atoms with Crippen LogP contribution in [0.1, 0.15) is 65.8 Å². The maximum absolute atomic E-state index is 13.8. The second-order valence-corrected chi connectivity index (χ2v) is 9.30. The minimum atomic E-state index is -4.32. The minimum absolute atomic E-state index is 0.0270. The lowest BCUT2D eigenvalue weighted by Crippen LogP contribution is -2.49. The topological polar surface area (TPSA) is 40.5 Å². The zero-order valence-electron chi connectivity index (χ0n) is 18.2. The van der Waals surface area contributed by atoms with E-state index in [-0.39, 0.29) is 11.8 Å². The lowest BCUT2D eigenvalue weighted by Gasteiger charge is -2.36. The van der Waals surface area contributed by atoms with E-state index < -0.39 is 17.7 Å². The Balaban J connectivity index is 1.36. The molecule has 32 heavy (non-hydrogen) atoms. The number of carbonyl (C=O) groups is 1. The number of hydrogen-bond donors (Lipinski definition) is 1. The van der Waals surface area contributed by atoms with Crippen LogP contribution in [0.5, 0.6) is 0 Å². The number of aryl methyl sites for hydroxylation is 2. The third kappa shape index (κ3) is 5.52. The molecule has 172 valence electrons. The van der Waals surface area contributed by atoms with Gasteiger partial charge in [-0.15, -0.1) is 0 Å². The van der Waals surface area contributed by atoms with Crippen LogP contribution in [-0.2, 0) is 30.4 Å². The summed E-state index contributed by atoms with van der Waals surface area (Å²) < 4.78 is 41.3. The predicted molar refractivity (Wildman–Crippen MR) is 118 cm³/mol. The molecule has 2 aromatic rings. The molecule has 0 aromatic heterocycles. The summed E-state index contributed by atoms with van der Waals surface area (Å²) in [4.78, 5) is 13.0. The second-order valence-electron chi connectivity index (χ2n) is 9.30. The highest BCUT2D eigenvalue weighted by Gasteiger charge is 2.36. The van der Waals surface area contributed by atoms with Crippen molar-refractivity contribution in [1.29, 1.82) is 0 Å². The van der Waals surface area contributed by atoms with Crippen molar-refractivity contribution < 1.29 is 23.1 Å². The van der Waals surface area contributed by atoms with Crippen LogP contribution >= 0.6 is 0 Å². The highest BCUT2D eigenvalue weighted by Crippen LogP contribution is 2.41. The molecule has 3 nitrogen and oxygen atoms in total. The molecule has 1 aliphatic heterocycles. The van der Waals surface area contributed by atoms with E-state index in [0.717, 1.165) is 55.3 Å². The maximum Gasteiger partial charge on any atom is 0.416 e. The van der Waals surface area contributed by atoms with Gasteiger partial charge in [0.05, 0.1) is 11.5 Å². The Hall–Kier alpha value is -2.34. The predicted octanol–water partition coefficient (Wildman–Crippen LogP) is 6.05. The number of alkyl halides is 3. The summed E-state index contributed by atoms with van der Waals surface area (Å²) in [5.41, 5.74) is 2.95. The molecule has 1 N–H and O–H groups in total. The van der Waals surface area contributed by atoms with Crippen LogP contribution in [0, 0.1) is 5.92 Å². The first-order valence-corrected chi connectivity index (χ1v) is 11.5. The first-order valence-electron chi connectivity index (χ1n) is 11.5. The molecule has 0 bridgehead atoms. The van der Waals surface area contributed by atoms with Crippen molar-refractivity contribution in [2.24, 2.45) is 5.92 Å². The van der Waals surface area contributed by atoms with Crippen molar-refractivity contribution in [2.75, 3.05) is 13.1 Å². The quantitative estimate of drug-likeness (QED) is 0.564. The number of carboxylic acids is 1. The van der Waals surface area contributed by atoms with Gasteiger partial charge in [-0.3, -0.25) is 9.69 Å². The molecule has 0 radical (unpaired) electrons. The SMILES string of the molecule is O=C(O)C1CN(Cc2ccc(CCc3ccc(C4CCCCC4)c(C(F)(F)F)c3)cc2)C1. The van der Waals surface area contributed by atoms with Gasteiger partial charge in [-0.1, -0.05) is 55.7 Å². The summed E-state index contributed by atoms with van der Waals surface area (Å²) in [5.74, 6) is -0.975. The van der Waals surface area contributed by atoms with Gasteiger partial charge in [0.15, 0.2) is 0 Å². The molecule has 0 atom stereocenters. The molecule has 4 rings (SSSR count). The van der Waals surface area contributed by atoms with Gasteiger partial charge < -0.3 is 5.11 Å². The first-order chi connectivity index (χ1) is 15.3. The standard InChI is InChI=1S/C26H30F3NO2/c27-26(28,29)24-14-19(12-13-23(24)21-4-2-1-3-5-21)9-6-18-7-10-20(11-8-18)15-30-16-22(17-30)25(31)32/h7-8,10-14,21-22H,1-6,9,15-17H2,(H,31,32). The van der Waals surface area contributed by atoms with Crippen LogP contribution in [0.4, 0.5) is 13.2 Å². The first kappa shape index (κ1) is 22.8. The number of benzene rings is 2. The van der Waals surface area contributed by atoms with E-state index in [1.54, 1.807) is 6.07 Å². The van der Waals surface area contributed by atoms with E-state index in [4.69, 9.17) is 5.11 Å². The Morgan fingerprint density at radius 3 is 2.12 bits per heavy atom. The smallest absolute Gasteiger partial charge is 0.416 e. The van der Waals surface area contributed by atoms with Gasteiger partial charge in [-0.2, -0.15) is 13.2 Å². The molecular weight excluding hydrogens is 415 g/mol. The Morgan fingerprint density at radius 1 is 0.906 bits per heavy atom. The molecule has 2 aliphatic rings. The number of carboxylic acid groups (broad SMARTS) is 1. The van der Waals surface area contributed by atoms with Crippen LogP contribution in [0.2, 0.25) is 0 Å². The molecule has 1 saturated heterocycles. The van der Waals surface area contributed by atoms with Crippen molar-refractivity contribution in [2.45, 2.75) is 63.6 Å². The highest BCUT2D eigenvalue weighted by molar-refractivity contribution is 5.71. The minimum Gasteiger partial charge on any atom is -0.481 e. The maximum atomic E-state index is 13.8. The van der Waals surface area contributed by atoms with E-state index in [1.165, 1.54) is 6.07 Å². The number of likely N-dealkylation sites (tertiary alicyclic amines) is 1. The average molecular weight is 446 g/mol. The lowest BCUT2D eigenvalue weighted by molar-refractivity contribution is -0.147. The van der Waals surface area contributed by atoms with E-state index in [1.807, 2.05) is 30.3 Å². The second kappa shape index (κ2) is 9.65. The fraction of sp³-hybridized carbons (Fsp3) is 0.500. The van der Waals surface area contributed by atoms with E-state index in [9.17, 15) is 18.0 Å². The van der Waals surface area contributed by atoms with Crippen LogP contribution in [-0.4, -0.2) is 29.1 Å². The van der Waals surface area contributed by atoms with Crippen molar-refractivity contribution in [1.82, 2.24) is 4.90 Å². The van der Waals surface area contributed by atoms with Crippen LogP contribution < -0.4 is 0 Å². The summed E-state index contributed by atoms with van der Waals surface area (Å²) in [6.07, 6.45) is 1.78. The Labute approximate surface area is 187 Å². The molecule has 1 heterocycles. The number of hydrogen-bond acceptors (Lipinski definition) is 2. The average Bonchev–Trinajstić information content (AvgIpc) is 2.75. The van der Waals surface area contributed by atoms with E-state index in [0.29, 0.717) is 31.5 Å². The Kier molecular flexibility index (Phi) is 6.89. The highest BCUT2D eigenvalue weighted by atomic mass is 19.4. The molecule has 0 unspecified atom stereocenters. The van der Waals surface area contributed by atoms with Gasteiger partial charge in [0.25, 0.3) is 0 Å². The molecule has 2 fully saturated rings. The zero-order valence-corrected chi connectivity index (χ0v) is 18.2. The molecule has 1 saturated carbocycles. The lowest BCUT2D eigenvalue weighted by atomic mass is 9.81. The Bertz CT molecular complexity index is 927. The fourth-order valence-corrected chi connectivity index (χ4v) is 4.99. The van der Waals surface area contributed by atoms with E-state index >= 15 is 0 Å². The van der Waals surface area contributed by atoms with Gasteiger partial charge in [0.1, 0.15) is 0 Å². The number of rotatable bonds is 7. The molecule has 0 spiro atoms. The van der Waals surface area contributed by atoms with Crippen molar-refractivity contribution in [3.63, 3.8) is 0 Å². The zero-order chi connectivity index (χ0) is 22.7. The van der Waals surface area contributed by atoms with Crippen molar-refractivity contribution >= 4 is 5.97 Å². The number of aliphatic carboxylic acids is 1. The molecule has 6 heteroatoms. The number of halogens is 3.